The van der Waals surface area contributed by atoms with Crippen LogP contribution in [0.1, 0.15) is 38.4 Å². The molecule has 3 rings (SSSR count). The van der Waals surface area contributed by atoms with E-state index in [9.17, 15) is 13.2 Å². The van der Waals surface area contributed by atoms with Crippen LogP contribution >= 0.6 is 0 Å². The molecule has 1 amide bonds. The minimum Gasteiger partial charge on any atom is -0.356 e. The number of amides is 1. The molecule has 0 spiro atoms. The third-order valence-corrected chi connectivity index (χ3v) is 7.41. The summed E-state index contributed by atoms with van der Waals surface area (Å²) < 4.78 is 28.1. The molecule has 0 aliphatic carbocycles. The van der Waals surface area contributed by atoms with E-state index in [1.165, 1.54) is 4.31 Å². The number of carbonyl (C=O) groups excluding carboxylic acids is 1. The van der Waals surface area contributed by atoms with E-state index in [0.29, 0.717) is 26.1 Å². The van der Waals surface area contributed by atoms with Gasteiger partial charge in [-0.15, -0.1) is 0 Å². The van der Waals surface area contributed by atoms with Crippen LogP contribution in [-0.2, 0) is 28.3 Å². The summed E-state index contributed by atoms with van der Waals surface area (Å²) in [6, 6.07) is 8.03. The molecule has 1 atom stereocenters. The summed E-state index contributed by atoms with van der Waals surface area (Å²) in [6.45, 7) is 3.26. The fourth-order valence-electron chi connectivity index (χ4n) is 3.82. The molecular formula is C20H30N4O3S. The van der Waals surface area contributed by atoms with Crippen LogP contribution in [0.3, 0.4) is 0 Å². The Kier molecular flexibility index (Phi) is 6.72. The van der Waals surface area contributed by atoms with Gasteiger partial charge >= 0.3 is 0 Å². The van der Waals surface area contributed by atoms with Crippen molar-refractivity contribution in [3.8, 4) is 0 Å². The zero-order valence-corrected chi connectivity index (χ0v) is 17.5. The maximum absolute atomic E-state index is 12.5. The van der Waals surface area contributed by atoms with Crippen molar-refractivity contribution in [2.75, 3.05) is 25.4 Å². The van der Waals surface area contributed by atoms with Gasteiger partial charge in [-0.3, -0.25) is 4.79 Å². The van der Waals surface area contributed by atoms with Crippen molar-refractivity contribution >= 4 is 27.0 Å². The topological polar surface area (TPSA) is 84.3 Å². The molecule has 2 aromatic rings. The zero-order valence-electron chi connectivity index (χ0n) is 16.7. The quantitative estimate of drug-likeness (QED) is 0.680. The molecule has 1 fully saturated rings. The molecule has 1 saturated heterocycles. The number of rotatable bonds is 8. The molecule has 1 aliphatic rings. The van der Waals surface area contributed by atoms with Gasteiger partial charge in [-0.2, -0.15) is 0 Å². The van der Waals surface area contributed by atoms with Crippen LogP contribution in [0.15, 0.2) is 24.3 Å². The first-order valence-corrected chi connectivity index (χ1v) is 11.7. The lowest BCUT2D eigenvalue weighted by Gasteiger charge is -2.31. The van der Waals surface area contributed by atoms with E-state index in [-0.39, 0.29) is 17.6 Å². The second-order valence-corrected chi connectivity index (χ2v) is 9.57. The molecule has 7 nitrogen and oxygen atoms in total. The van der Waals surface area contributed by atoms with Crippen molar-refractivity contribution in [3.05, 3.63) is 30.1 Å². The van der Waals surface area contributed by atoms with E-state index >= 15 is 0 Å². The van der Waals surface area contributed by atoms with E-state index in [4.69, 9.17) is 0 Å². The molecule has 1 N–H and O–H groups in total. The van der Waals surface area contributed by atoms with Gasteiger partial charge in [0.05, 0.1) is 22.7 Å². The standard InChI is InChI=1S/C20H30N4O3S/c1-3-14-28(26,27)24-13-7-8-16(15-24)20(25)21-12-6-11-19-22-17-9-4-5-10-18(17)23(19)2/h4-5,9-10,16H,3,6-8,11-15H2,1-2H3,(H,21,25). The Morgan fingerprint density at radius 1 is 1.32 bits per heavy atom. The molecule has 28 heavy (non-hydrogen) atoms. The van der Waals surface area contributed by atoms with E-state index in [0.717, 1.165) is 42.5 Å². The van der Waals surface area contributed by atoms with Gasteiger partial charge in [0.2, 0.25) is 15.9 Å². The minimum atomic E-state index is -3.24. The molecule has 1 aromatic heterocycles. The maximum atomic E-state index is 12.5. The Hall–Kier alpha value is -1.93. The highest BCUT2D eigenvalue weighted by Gasteiger charge is 2.31. The summed E-state index contributed by atoms with van der Waals surface area (Å²) >= 11 is 0. The number of piperidine rings is 1. The number of aromatic nitrogens is 2. The Morgan fingerprint density at radius 2 is 2.11 bits per heavy atom. The molecule has 1 unspecified atom stereocenters. The maximum Gasteiger partial charge on any atom is 0.224 e. The lowest BCUT2D eigenvalue weighted by atomic mass is 9.99. The number of sulfonamides is 1. The second kappa shape index (κ2) is 9.05. The van der Waals surface area contributed by atoms with Crippen molar-refractivity contribution in [1.82, 2.24) is 19.2 Å². The van der Waals surface area contributed by atoms with Gasteiger partial charge < -0.3 is 9.88 Å². The number of nitrogens with one attached hydrogen (secondary N) is 1. The Balaban J connectivity index is 1.48. The summed E-state index contributed by atoms with van der Waals surface area (Å²) in [5.41, 5.74) is 2.09. The molecule has 154 valence electrons. The van der Waals surface area contributed by atoms with Crippen LogP contribution in [-0.4, -0.2) is 53.6 Å². The number of hydrogen-bond acceptors (Lipinski definition) is 4. The Bertz CT molecular complexity index is 923. The molecule has 0 radical (unpaired) electrons. The average Bonchev–Trinajstić information content (AvgIpc) is 3.01. The number of hydrogen-bond donors (Lipinski definition) is 1. The van der Waals surface area contributed by atoms with E-state index in [1.54, 1.807) is 0 Å². The molecule has 1 aliphatic heterocycles. The summed E-state index contributed by atoms with van der Waals surface area (Å²) in [5, 5.41) is 2.98. The number of benzene rings is 1. The predicted molar refractivity (Wildman–Crippen MR) is 110 cm³/mol. The highest BCUT2D eigenvalue weighted by Crippen LogP contribution is 2.20. The van der Waals surface area contributed by atoms with Crippen LogP contribution in [0.5, 0.6) is 0 Å². The molecule has 2 heterocycles. The first kappa shape index (κ1) is 20.8. The number of carbonyl (C=O) groups is 1. The van der Waals surface area contributed by atoms with Gasteiger partial charge in [-0.05, 0) is 37.8 Å². The van der Waals surface area contributed by atoms with Gasteiger partial charge in [0, 0.05) is 33.1 Å². The van der Waals surface area contributed by atoms with Crippen LogP contribution in [0.2, 0.25) is 0 Å². The third-order valence-electron chi connectivity index (χ3n) is 5.37. The molecule has 0 bridgehead atoms. The van der Waals surface area contributed by atoms with Gasteiger partial charge in [-0.25, -0.2) is 17.7 Å². The second-order valence-electron chi connectivity index (χ2n) is 7.48. The van der Waals surface area contributed by atoms with Gasteiger partial charge in [-0.1, -0.05) is 19.1 Å². The van der Waals surface area contributed by atoms with Crippen molar-refractivity contribution in [3.63, 3.8) is 0 Å². The largest absolute Gasteiger partial charge is 0.356 e. The van der Waals surface area contributed by atoms with E-state index in [2.05, 4.69) is 20.9 Å². The first-order valence-electron chi connectivity index (χ1n) is 10.1. The average molecular weight is 407 g/mol. The Labute approximate surface area is 167 Å². The Morgan fingerprint density at radius 3 is 2.86 bits per heavy atom. The summed E-state index contributed by atoms with van der Waals surface area (Å²) in [7, 11) is -1.23. The van der Waals surface area contributed by atoms with E-state index < -0.39 is 10.0 Å². The molecule has 0 saturated carbocycles. The number of aryl methyl sites for hydroxylation is 2. The first-order chi connectivity index (χ1) is 13.4. The van der Waals surface area contributed by atoms with Gasteiger partial charge in [0.15, 0.2) is 0 Å². The number of fused-ring (bicyclic) bond motifs is 1. The summed E-state index contributed by atoms with van der Waals surface area (Å²) in [6.07, 6.45) is 3.66. The van der Waals surface area contributed by atoms with Crippen molar-refractivity contribution in [1.29, 1.82) is 0 Å². The van der Waals surface area contributed by atoms with Crippen molar-refractivity contribution in [2.24, 2.45) is 13.0 Å². The molecule has 1 aromatic carbocycles. The lowest BCUT2D eigenvalue weighted by molar-refractivity contribution is -0.126. The number of para-hydroxylation sites is 2. The SMILES string of the molecule is CCCS(=O)(=O)N1CCCC(C(=O)NCCCc2nc3ccccc3n2C)C1. The highest BCUT2D eigenvalue weighted by molar-refractivity contribution is 7.89. The third kappa shape index (κ3) is 4.72. The summed E-state index contributed by atoms with van der Waals surface area (Å²) in [4.78, 5) is 17.1. The molecular weight excluding hydrogens is 376 g/mol. The molecule has 8 heteroatoms. The van der Waals surface area contributed by atoms with Crippen LogP contribution in [0.25, 0.3) is 11.0 Å². The monoisotopic (exact) mass is 406 g/mol. The normalized spacial score (nSPS) is 18.4. The minimum absolute atomic E-state index is 0.0404. The van der Waals surface area contributed by atoms with Crippen LogP contribution in [0.4, 0.5) is 0 Å². The van der Waals surface area contributed by atoms with Crippen LogP contribution < -0.4 is 5.32 Å². The van der Waals surface area contributed by atoms with Gasteiger partial charge in [0.1, 0.15) is 5.82 Å². The zero-order chi connectivity index (χ0) is 20.1. The fourth-order valence-corrected chi connectivity index (χ4v) is 5.41. The predicted octanol–water partition coefficient (Wildman–Crippen LogP) is 2.07. The van der Waals surface area contributed by atoms with Crippen molar-refractivity contribution < 1.29 is 13.2 Å². The number of imidazole rings is 1. The number of nitrogens with zero attached hydrogens (tertiary/aromatic N) is 3. The van der Waals surface area contributed by atoms with Crippen molar-refractivity contribution in [2.45, 2.75) is 39.0 Å². The smallest absolute Gasteiger partial charge is 0.224 e. The van der Waals surface area contributed by atoms with Crippen LogP contribution in [0, 0.1) is 5.92 Å². The highest BCUT2D eigenvalue weighted by atomic mass is 32.2. The summed E-state index contributed by atoms with van der Waals surface area (Å²) in [5.74, 6) is 0.863. The fraction of sp³-hybridized carbons (Fsp3) is 0.600. The van der Waals surface area contributed by atoms with Gasteiger partial charge in [0.25, 0.3) is 0 Å². The van der Waals surface area contributed by atoms with E-state index in [1.807, 2.05) is 32.2 Å². The lowest BCUT2D eigenvalue weighted by Crippen LogP contribution is -2.46.